The highest BCUT2D eigenvalue weighted by Crippen LogP contribution is 2.40. The van der Waals surface area contributed by atoms with Gasteiger partial charge in [0.05, 0.1) is 40.9 Å². The molecule has 8 rings (SSSR count). The molecular formula is C38H22N4. The number of benzene rings is 6. The van der Waals surface area contributed by atoms with Crippen LogP contribution in [0.5, 0.6) is 0 Å². The fraction of sp³-hybridized carbons (Fsp3) is 0. The first-order valence-corrected chi connectivity index (χ1v) is 13.8. The Labute approximate surface area is 242 Å². The van der Waals surface area contributed by atoms with Crippen molar-refractivity contribution in [3.63, 3.8) is 0 Å². The van der Waals surface area contributed by atoms with Crippen molar-refractivity contribution in [3.05, 3.63) is 156 Å². The molecule has 6 aromatic carbocycles. The fourth-order valence-corrected chi connectivity index (χ4v) is 6.31. The second-order valence-corrected chi connectivity index (χ2v) is 10.4. The van der Waals surface area contributed by atoms with Crippen LogP contribution >= 0.6 is 0 Å². The number of rotatable bonds is 3. The lowest BCUT2D eigenvalue weighted by molar-refractivity contribution is 1.17. The number of fused-ring (bicyclic) bond motifs is 6. The van der Waals surface area contributed by atoms with E-state index in [2.05, 4.69) is 116 Å². The topological polar surface area (TPSA) is 18.6 Å². The van der Waals surface area contributed by atoms with Gasteiger partial charge in [-0.2, -0.15) is 0 Å². The molecule has 0 bridgehead atoms. The Bertz CT molecular complexity index is 2430. The Kier molecular flexibility index (Phi) is 5.22. The molecule has 0 saturated carbocycles. The second-order valence-electron chi connectivity index (χ2n) is 10.4. The molecule has 0 saturated heterocycles. The summed E-state index contributed by atoms with van der Waals surface area (Å²) in [5, 5.41) is 4.57. The fourth-order valence-electron chi connectivity index (χ4n) is 6.31. The summed E-state index contributed by atoms with van der Waals surface area (Å²) in [7, 11) is 0. The summed E-state index contributed by atoms with van der Waals surface area (Å²) >= 11 is 0. The minimum absolute atomic E-state index is 0.639. The summed E-state index contributed by atoms with van der Waals surface area (Å²) in [5.74, 6) is 0. The van der Waals surface area contributed by atoms with Crippen LogP contribution in [0.2, 0.25) is 0 Å². The highest BCUT2D eigenvalue weighted by molar-refractivity contribution is 6.16. The van der Waals surface area contributed by atoms with Gasteiger partial charge in [0.15, 0.2) is 11.4 Å². The standard InChI is InChI=1S/C38H22N4/c1-39-27-19-17-25(18-20-27)26-9-7-10-29(23-26)41-34-14-6-4-12-31(34)38-36(41)15-8-16-37(38)42-33-13-5-3-11-30(33)32-24-28(40-2)21-22-35(32)42/h3-24H. The normalized spacial score (nSPS) is 11.3. The molecule has 0 fully saturated rings. The van der Waals surface area contributed by atoms with Gasteiger partial charge in [-0.05, 0) is 65.0 Å². The van der Waals surface area contributed by atoms with Crippen molar-refractivity contribution < 1.29 is 0 Å². The average Bonchev–Trinajstić information content (AvgIpc) is 3.57. The van der Waals surface area contributed by atoms with Crippen LogP contribution in [0.1, 0.15) is 0 Å². The van der Waals surface area contributed by atoms with E-state index in [0.29, 0.717) is 11.4 Å². The minimum Gasteiger partial charge on any atom is -0.309 e. The highest BCUT2D eigenvalue weighted by Gasteiger charge is 2.19. The molecule has 0 atom stereocenters. The average molecular weight is 535 g/mol. The molecule has 0 aliphatic rings. The summed E-state index contributed by atoms with van der Waals surface area (Å²) in [5.41, 5.74) is 10.1. The van der Waals surface area contributed by atoms with Crippen molar-refractivity contribution in [2.75, 3.05) is 0 Å². The molecule has 0 unspecified atom stereocenters. The van der Waals surface area contributed by atoms with E-state index in [-0.39, 0.29) is 0 Å². The monoisotopic (exact) mass is 534 g/mol. The van der Waals surface area contributed by atoms with Gasteiger partial charge in [-0.1, -0.05) is 84.9 Å². The van der Waals surface area contributed by atoms with E-state index in [0.717, 1.165) is 55.3 Å². The molecule has 0 aliphatic heterocycles. The first-order chi connectivity index (χ1) is 20.7. The number of para-hydroxylation sites is 2. The van der Waals surface area contributed by atoms with E-state index in [9.17, 15) is 0 Å². The smallest absolute Gasteiger partial charge is 0.188 e. The van der Waals surface area contributed by atoms with Gasteiger partial charge in [0.2, 0.25) is 0 Å². The minimum atomic E-state index is 0.639. The van der Waals surface area contributed by atoms with Crippen molar-refractivity contribution in [3.8, 4) is 22.5 Å². The molecule has 8 aromatic rings. The molecule has 4 nitrogen and oxygen atoms in total. The van der Waals surface area contributed by atoms with Crippen LogP contribution in [0, 0.1) is 13.1 Å². The summed E-state index contributed by atoms with van der Waals surface area (Å²) < 4.78 is 4.68. The van der Waals surface area contributed by atoms with E-state index in [1.165, 1.54) is 10.8 Å². The van der Waals surface area contributed by atoms with Gasteiger partial charge in [0.25, 0.3) is 0 Å². The van der Waals surface area contributed by atoms with Crippen LogP contribution in [0.25, 0.3) is 75.8 Å². The Balaban J connectivity index is 1.43. The third-order valence-corrected chi connectivity index (χ3v) is 8.14. The lowest BCUT2D eigenvalue weighted by Crippen LogP contribution is -1.96. The van der Waals surface area contributed by atoms with Gasteiger partial charge in [0.1, 0.15) is 0 Å². The van der Waals surface area contributed by atoms with Crippen LogP contribution in [0.4, 0.5) is 11.4 Å². The van der Waals surface area contributed by atoms with E-state index in [4.69, 9.17) is 13.1 Å². The van der Waals surface area contributed by atoms with Crippen LogP contribution in [0.3, 0.4) is 0 Å². The maximum atomic E-state index is 7.57. The zero-order valence-electron chi connectivity index (χ0n) is 22.5. The summed E-state index contributed by atoms with van der Waals surface area (Å²) in [4.78, 5) is 7.24. The maximum absolute atomic E-state index is 7.57. The maximum Gasteiger partial charge on any atom is 0.188 e. The quantitative estimate of drug-likeness (QED) is 0.201. The van der Waals surface area contributed by atoms with Crippen molar-refractivity contribution >= 4 is 55.0 Å². The number of hydrogen-bond donors (Lipinski definition) is 0. The predicted octanol–water partition coefficient (Wildman–Crippen LogP) is 10.6. The van der Waals surface area contributed by atoms with Gasteiger partial charge in [-0.3, -0.25) is 0 Å². The molecule has 194 valence electrons. The first-order valence-electron chi connectivity index (χ1n) is 13.8. The zero-order valence-corrected chi connectivity index (χ0v) is 22.5. The lowest BCUT2D eigenvalue weighted by Gasteiger charge is -2.12. The van der Waals surface area contributed by atoms with E-state index in [1.807, 2.05) is 36.4 Å². The van der Waals surface area contributed by atoms with Crippen LogP contribution in [-0.4, -0.2) is 9.13 Å². The molecule has 4 heteroatoms. The van der Waals surface area contributed by atoms with Crippen molar-refractivity contribution in [1.29, 1.82) is 0 Å². The predicted molar refractivity (Wildman–Crippen MR) is 173 cm³/mol. The number of aromatic nitrogens is 2. The van der Waals surface area contributed by atoms with E-state index < -0.39 is 0 Å². The summed E-state index contributed by atoms with van der Waals surface area (Å²) in [6, 6.07) is 45.9. The molecule has 0 radical (unpaired) electrons. The van der Waals surface area contributed by atoms with Crippen molar-refractivity contribution in [2.45, 2.75) is 0 Å². The highest BCUT2D eigenvalue weighted by atomic mass is 15.0. The van der Waals surface area contributed by atoms with Gasteiger partial charge < -0.3 is 9.13 Å². The van der Waals surface area contributed by atoms with Crippen LogP contribution < -0.4 is 0 Å². The molecule has 0 aliphatic carbocycles. The SMILES string of the molecule is [C-]#[N+]c1ccc(-c2cccc(-n3c4ccccc4c4c(-n5c6ccccc6c6cc([N+]#[C-])ccc65)cccc43)c2)cc1. The van der Waals surface area contributed by atoms with Gasteiger partial charge in [-0.25, -0.2) is 9.69 Å². The van der Waals surface area contributed by atoms with Crippen molar-refractivity contribution in [2.24, 2.45) is 0 Å². The summed E-state index contributed by atoms with van der Waals surface area (Å²) in [6.45, 7) is 14.9. The van der Waals surface area contributed by atoms with E-state index >= 15 is 0 Å². The molecule has 42 heavy (non-hydrogen) atoms. The molecular weight excluding hydrogens is 512 g/mol. The third kappa shape index (κ3) is 3.47. The third-order valence-electron chi connectivity index (χ3n) is 8.14. The number of hydrogen-bond acceptors (Lipinski definition) is 0. The van der Waals surface area contributed by atoms with Gasteiger partial charge in [0, 0.05) is 21.8 Å². The molecule has 0 spiro atoms. The van der Waals surface area contributed by atoms with Gasteiger partial charge in [-0.15, -0.1) is 0 Å². The van der Waals surface area contributed by atoms with Crippen LogP contribution in [-0.2, 0) is 0 Å². The number of nitrogens with zero attached hydrogens (tertiary/aromatic N) is 4. The molecule has 0 amide bonds. The van der Waals surface area contributed by atoms with Gasteiger partial charge >= 0.3 is 0 Å². The van der Waals surface area contributed by atoms with Crippen LogP contribution in [0.15, 0.2) is 133 Å². The second kappa shape index (κ2) is 9.24. The Morgan fingerprint density at radius 3 is 1.86 bits per heavy atom. The largest absolute Gasteiger partial charge is 0.309 e. The Hall–Kier alpha value is -6.10. The molecule has 0 N–H and O–H groups in total. The van der Waals surface area contributed by atoms with E-state index in [1.54, 1.807) is 0 Å². The zero-order chi connectivity index (χ0) is 28.2. The molecule has 2 aromatic heterocycles. The Morgan fingerprint density at radius 1 is 0.429 bits per heavy atom. The molecule has 2 heterocycles. The first kappa shape index (κ1) is 23.8. The van der Waals surface area contributed by atoms with Crippen molar-refractivity contribution in [1.82, 2.24) is 9.13 Å². The lowest BCUT2D eigenvalue weighted by atomic mass is 10.0. The summed E-state index contributed by atoms with van der Waals surface area (Å²) in [6.07, 6.45) is 0. The Morgan fingerprint density at radius 2 is 1.07 bits per heavy atom.